The van der Waals surface area contributed by atoms with E-state index in [4.69, 9.17) is 0 Å². The van der Waals surface area contributed by atoms with Gasteiger partial charge < -0.3 is 10.2 Å². The molecule has 0 spiro atoms. The van der Waals surface area contributed by atoms with Gasteiger partial charge in [0.1, 0.15) is 0 Å². The lowest BCUT2D eigenvalue weighted by atomic mass is 9.90. The molecule has 0 aromatic rings. The van der Waals surface area contributed by atoms with Gasteiger partial charge in [0.25, 0.3) is 0 Å². The van der Waals surface area contributed by atoms with Gasteiger partial charge in [0, 0.05) is 25.6 Å². The highest BCUT2D eigenvalue weighted by atomic mass is 16.2. The molecule has 2 atom stereocenters. The zero-order valence-corrected chi connectivity index (χ0v) is 13.5. The molecule has 2 rings (SSSR count). The summed E-state index contributed by atoms with van der Waals surface area (Å²) in [6.45, 7) is 9.60. The number of amides is 1. The molecule has 1 saturated heterocycles. The van der Waals surface area contributed by atoms with Crippen molar-refractivity contribution in [3.63, 3.8) is 0 Å². The second-order valence-corrected chi connectivity index (χ2v) is 7.34. The van der Waals surface area contributed by atoms with Gasteiger partial charge in [0.2, 0.25) is 5.91 Å². The fourth-order valence-corrected chi connectivity index (χ4v) is 3.31. The third kappa shape index (κ3) is 5.08. The van der Waals surface area contributed by atoms with Crippen molar-refractivity contribution in [2.45, 2.75) is 65.3 Å². The van der Waals surface area contributed by atoms with E-state index in [0.29, 0.717) is 30.2 Å². The fourth-order valence-electron chi connectivity index (χ4n) is 3.31. The first kappa shape index (κ1) is 15.8. The summed E-state index contributed by atoms with van der Waals surface area (Å²) in [4.78, 5) is 14.5. The minimum absolute atomic E-state index is 0.360. The van der Waals surface area contributed by atoms with E-state index in [1.54, 1.807) is 0 Å². The van der Waals surface area contributed by atoms with Crippen LogP contribution in [0.5, 0.6) is 0 Å². The number of carbonyl (C=O) groups is 1. The summed E-state index contributed by atoms with van der Waals surface area (Å²) in [6.07, 6.45) is 7.24. The van der Waals surface area contributed by atoms with E-state index < -0.39 is 0 Å². The van der Waals surface area contributed by atoms with E-state index in [1.807, 2.05) is 0 Å². The summed E-state index contributed by atoms with van der Waals surface area (Å²) in [5.41, 5.74) is 0. The van der Waals surface area contributed by atoms with Crippen LogP contribution >= 0.6 is 0 Å². The first-order valence-electron chi connectivity index (χ1n) is 8.59. The monoisotopic (exact) mass is 280 g/mol. The van der Waals surface area contributed by atoms with Crippen LogP contribution in [0.15, 0.2) is 0 Å². The molecule has 0 aromatic carbocycles. The Bertz CT molecular complexity index is 312. The van der Waals surface area contributed by atoms with Crippen LogP contribution in [0.25, 0.3) is 0 Å². The average molecular weight is 280 g/mol. The van der Waals surface area contributed by atoms with Crippen LogP contribution in [-0.4, -0.2) is 36.5 Å². The average Bonchev–Trinajstić information content (AvgIpc) is 3.20. The Morgan fingerprint density at radius 3 is 2.60 bits per heavy atom. The highest BCUT2D eigenvalue weighted by molar-refractivity contribution is 5.76. The smallest absolute Gasteiger partial charge is 0.222 e. The first-order valence-corrected chi connectivity index (χ1v) is 8.59. The highest BCUT2D eigenvalue weighted by Crippen LogP contribution is 2.29. The molecule has 1 N–H and O–H groups in total. The molecule has 0 radical (unpaired) electrons. The molecule has 1 aliphatic heterocycles. The van der Waals surface area contributed by atoms with Gasteiger partial charge in [-0.05, 0) is 50.0 Å². The number of hydrogen-bond acceptors (Lipinski definition) is 2. The number of nitrogens with zero attached hydrogens (tertiary/aromatic N) is 1. The predicted molar refractivity (Wildman–Crippen MR) is 83.6 cm³/mol. The van der Waals surface area contributed by atoms with E-state index in [2.05, 4.69) is 31.0 Å². The van der Waals surface area contributed by atoms with Crippen molar-refractivity contribution in [2.24, 2.45) is 17.8 Å². The van der Waals surface area contributed by atoms with Gasteiger partial charge in [0.05, 0.1) is 0 Å². The van der Waals surface area contributed by atoms with E-state index in [9.17, 15) is 4.79 Å². The van der Waals surface area contributed by atoms with Crippen LogP contribution in [0.4, 0.5) is 0 Å². The molecule has 1 saturated carbocycles. The number of piperidine rings is 1. The molecule has 20 heavy (non-hydrogen) atoms. The molecular formula is C17H32N2O. The second kappa shape index (κ2) is 7.44. The van der Waals surface area contributed by atoms with Gasteiger partial charge in [0.15, 0.2) is 0 Å². The van der Waals surface area contributed by atoms with Crippen LogP contribution < -0.4 is 5.32 Å². The second-order valence-electron chi connectivity index (χ2n) is 7.34. The molecule has 1 aliphatic carbocycles. The van der Waals surface area contributed by atoms with Crippen LogP contribution in [0.3, 0.4) is 0 Å². The van der Waals surface area contributed by atoms with Crippen LogP contribution in [0.2, 0.25) is 0 Å². The molecule has 116 valence electrons. The Morgan fingerprint density at radius 1 is 1.25 bits per heavy atom. The van der Waals surface area contributed by atoms with Gasteiger partial charge in [-0.2, -0.15) is 0 Å². The van der Waals surface area contributed by atoms with Crippen molar-refractivity contribution in [1.29, 1.82) is 0 Å². The number of rotatable bonds is 7. The highest BCUT2D eigenvalue weighted by Gasteiger charge is 2.30. The Kier molecular flexibility index (Phi) is 5.88. The molecule has 0 aromatic heterocycles. The quantitative estimate of drug-likeness (QED) is 0.777. The minimum atomic E-state index is 0.360. The van der Waals surface area contributed by atoms with E-state index >= 15 is 0 Å². The van der Waals surface area contributed by atoms with Crippen molar-refractivity contribution in [3.05, 3.63) is 0 Å². The van der Waals surface area contributed by atoms with E-state index in [1.165, 1.54) is 32.1 Å². The lowest BCUT2D eigenvalue weighted by molar-refractivity contribution is -0.134. The molecule has 3 nitrogen and oxygen atoms in total. The van der Waals surface area contributed by atoms with Crippen molar-refractivity contribution < 1.29 is 4.79 Å². The number of likely N-dealkylation sites (tertiary alicyclic amines) is 1. The molecule has 0 bridgehead atoms. The van der Waals surface area contributed by atoms with E-state index in [0.717, 1.165) is 25.6 Å². The molecule has 2 unspecified atom stereocenters. The lowest BCUT2D eigenvalue weighted by Gasteiger charge is -2.38. The predicted octanol–water partition coefficient (Wildman–Crippen LogP) is 3.05. The molecule has 2 fully saturated rings. The summed E-state index contributed by atoms with van der Waals surface area (Å²) in [5, 5.41) is 3.72. The fraction of sp³-hybridized carbons (Fsp3) is 0.941. The number of carbonyl (C=O) groups excluding carboxylic acids is 1. The van der Waals surface area contributed by atoms with Gasteiger partial charge in [-0.3, -0.25) is 4.79 Å². The SMILES string of the molecule is CCCC1CC(NCC2CC2)CN(C(=O)CC(C)C)C1. The minimum Gasteiger partial charge on any atom is -0.341 e. The van der Waals surface area contributed by atoms with Gasteiger partial charge in [-0.15, -0.1) is 0 Å². The third-order valence-corrected chi connectivity index (χ3v) is 4.56. The van der Waals surface area contributed by atoms with E-state index in [-0.39, 0.29) is 0 Å². The summed E-state index contributed by atoms with van der Waals surface area (Å²) in [6, 6.07) is 0.525. The summed E-state index contributed by atoms with van der Waals surface area (Å²) < 4.78 is 0. The largest absolute Gasteiger partial charge is 0.341 e. The van der Waals surface area contributed by atoms with Gasteiger partial charge >= 0.3 is 0 Å². The summed E-state index contributed by atoms with van der Waals surface area (Å²) >= 11 is 0. The lowest BCUT2D eigenvalue weighted by Crippen LogP contribution is -2.51. The van der Waals surface area contributed by atoms with Crippen LogP contribution in [-0.2, 0) is 4.79 Å². The van der Waals surface area contributed by atoms with Crippen LogP contribution in [0, 0.1) is 17.8 Å². The maximum absolute atomic E-state index is 12.4. The molecule has 1 amide bonds. The summed E-state index contributed by atoms with van der Waals surface area (Å²) in [5.74, 6) is 2.44. The van der Waals surface area contributed by atoms with Crippen molar-refractivity contribution >= 4 is 5.91 Å². The molecule has 2 aliphatic rings. The maximum Gasteiger partial charge on any atom is 0.222 e. The van der Waals surface area contributed by atoms with Gasteiger partial charge in [-0.1, -0.05) is 27.2 Å². The number of nitrogens with one attached hydrogen (secondary N) is 1. The Morgan fingerprint density at radius 2 is 2.00 bits per heavy atom. The molecule has 3 heteroatoms. The molecular weight excluding hydrogens is 248 g/mol. The summed E-state index contributed by atoms with van der Waals surface area (Å²) in [7, 11) is 0. The van der Waals surface area contributed by atoms with Crippen molar-refractivity contribution in [1.82, 2.24) is 10.2 Å². The zero-order chi connectivity index (χ0) is 14.5. The zero-order valence-electron chi connectivity index (χ0n) is 13.5. The Hall–Kier alpha value is -0.570. The molecule has 1 heterocycles. The topological polar surface area (TPSA) is 32.3 Å². The van der Waals surface area contributed by atoms with Crippen molar-refractivity contribution in [2.75, 3.05) is 19.6 Å². The Balaban J connectivity index is 1.86. The van der Waals surface area contributed by atoms with Crippen LogP contribution in [0.1, 0.15) is 59.3 Å². The van der Waals surface area contributed by atoms with Crippen molar-refractivity contribution in [3.8, 4) is 0 Å². The van der Waals surface area contributed by atoms with Gasteiger partial charge in [-0.25, -0.2) is 0 Å². The first-order chi connectivity index (χ1) is 9.58. The Labute approximate surface area is 124 Å². The third-order valence-electron chi connectivity index (χ3n) is 4.56. The standard InChI is InChI=1S/C17H32N2O/c1-4-5-15-9-16(18-10-14-6-7-14)12-19(11-15)17(20)8-13(2)3/h13-16,18H,4-12H2,1-3H3. The number of hydrogen-bond donors (Lipinski definition) is 1. The maximum atomic E-state index is 12.4. The normalized spacial score (nSPS) is 27.1.